The fourth-order valence-corrected chi connectivity index (χ4v) is 2.20. The van der Waals surface area contributed by atoms with Crippen molar-refractivity contribution in [3.05, 3.63) is 41.9 Å². The van der Waals surface area contributed by atoms with E-state index in [1.165, 1.54) is 0 Å². The number of nitrogens with zero attached hydrogens (tertiary/aromatic N) is 2. The smallest absolute Gasteiger partial charge is 0.201 e. The number of rotatable bonds is 3. The number of imidazole rings is 1. The van der Waals surface area contributed by atoms with E-state index in [-0.39, 0.29) is 0 Å². The number of hydrogen-bond acceptors (Lipinski definition) is 4. The molecule has 5 heteroatoms. The van der Waals surface area contributed by atoms with Gasteiger partial charge in [0.2, 0.25) is 5.95 Å². The second-order valence-corrected chi connectivity index (χ2v) is 4.40. The standard InChI is InChI=1S/C14H15N3O2/c1-9-6-7-10(19-9)8-17-11-4-3-5-12(18-2)13(11)16-14(17)15/h3-7H,8H2,1-2H3,(H2,15,16). The molecule has 0 fully saturated rings. The zero-order valence-corrected chi connectivity index (χ0v) is 10.9. The number of benzene rings is 1. The number of aryl methyl sites for hydroxylation is 1. The molecule has 0 radical (unpaired) electrons. The van der Waals surface area contributed by atoms with E-state index in [1.807, 2.05) is 41.8 Å². The molecule has 98 valence electrons. The van der Waals surface area contributed by atoms with Crippen molar-refractivity contribution in [2.45, 2.75) is 13.5 Å². The van der Waals surface area contributed by atoms with Crippen LogP contribution in [-0.4, -0.2) is 16.7 Å². The van der Waals surface area contributed by atoms with Crippen molar-refractivity contribution in [1.82, 2.24) is 9.55 Å². The van der Waals surface area contributed by atoms with Crippen LogP contribution in [0.3, 0.4) is 0 Å². The van der Waals surface area contributed by atoms with Crippen LogP contribution in [0.4, 0.5) is 5.95 Å². The Bertz CT molecular complexity index is 727. The fourth-order valence-electron chi connectivity index (χ4n) is 2.20. The van der Waals surface area contributed by atoms with Gasteiger partial charge in [-0.25, -0.2) is 4.98 Å². The summed E-state index contributed by atoms with van der Waals surface area (Å²) in [6.45, 7) is 2.48. The lowest BCUT2D eigenvalue weighted by Crippen LogP contribution is -2.03. The Balaban J connectivity index is 2.10. The Kier molecular flexibility index (Phi) is 2.67. The van der Waals surface area contributed by atoms with Gasteiger partial charge in [-0.15, -0.1) is 0 Å². The van der Waals surface area contributed by atoms with Gasteiger partial charge in [0.15, 0.2) is 0 Å². The van der Waals surface area contributed by atoms with Crippen LogP contribution in [0.5, 0.6) is 5.75 Å². The molecule has 0 spiro atoms. The average Bonchev–Trinajstić information content (AvgIpc) is 2.94. The fraction of sp³-hybridized carbons (Fsp3) is 0.214. The minimum absolute atomic E-state index is 0.452. The predicted molar refractivity (Wildman–Crippen MR) is 73.2 cm³/mol. The molecule has 3 rings (SSSR count). The maximum Gasteiger partial charge on any atom is 0.201 e. The molecule has 0 saturated heterocycles. The zero-order chi connectivity index (χ0) is 13.4. The van der Waals surface area contributed by atoms with Crippen LogP contribution in [0.25, 0.3) is 11.0 Å². The summed E-state index contributed by atoms with van der Waals surface area (Å²) in [6, 6.07) is 9.64. The van der Waals surface area contributed by atoms with Gasteiger partial charge in [0, 0.05) is 0 Å². The van der Waals surface area contributed by atoms with Crippen LogP contribution in [-0.2, 0) is 6.54 Å². The molecule has 1 aromatic carbocycles. The van der Waals surface area contributed by atoms with Gasteiger partial charge in [-0.05, 0) is 31.2 Å². The van der Waals surface area contributed by atoms with E-state index in [2.05, 4.69) is 4.98 Å². The van der Waals surface area contributed by atoms with Crippen LogP contribution < -0.4 is 10.5 Å². The van der Waals surface area contributed by atoms with Gasteiger partial charge in [0.25, 0.3) is 0 Å². The third kappa shape index (κ3) is 1.93. The number of furan rings is 1. The molecule has 0 atom stereocenters. The van der Waals surface area contributed by atoms with Crippen molar-refractivity contribution < 1.29 is 9.15 Å². The Labute approximate surface area is 110 Å². The minimum atomic E-state index is 0.452. The van der Waals surface area contributed by atoms with Gasteiger partial charge in [0.1, 0.15) is 22.8 Å². The largest absolute Gasteiger partial charge is 0.494 e. The summed E-state index contributed by atoms with van der Waals surface area (Å²) < 4.78 is 12.8. The van der Waals surface area contributed by atoms with Crippen LogP contribution in [0.15, 0.2) is 34.7 Å². The zero-order valence-electron chi connectivity index (χ0n) is 10.9. The molecule has 0 aliphatic rings. The van der Waals surface area contributed by atoms with E-state index < -0.39 is 0 Å². The van der Waals surface area contributed by atoms with Crippen molar-refractivity contribution in [2.24, 2.45) is 0 Å². The number of aromatic nitrogens is 2. The highest BCUT2D eigenvalue weighted by atomic mass is 16.5. The van der Waals surface area contributed by atoms with Gasteiger partial charge in [-0.3, -0.25) is 0 Å². The summed E-state index contributed by atoms with van der Waals surface area (Å²) in [5.41, 5.74) is 7.69. The summed E-state index contributed by atoms with van der Waals surface area (Å²) in [6.07, 6.45) is 0. The number of ether oxygens (including phenoxy) is 1. The third-order valence-corrected chi connectivity index (χ3v) is 3.10. The van der Waals surface area contributed by atoms with E-state index in [9.17, 15) is 0 Å². The first-order chi connectivity index (χ1) is 9.19. The first-order valence-electron chi connectivity index (χ1n) is 6.03. The maximum absolute atomic E-state index is 5.99. The third-order valence-electron chi connectivity index (χ3n) is 3.10. The van der Waals surface area contributed by atoms with Crippen LogP contribution >= 0.6 is 0 Å². The van der Waals surface area contributed by atoms with Gasteiger partial charge < -0.3 is 19.5 Å². The lowest BCUT2D eigenvalue weighted by Gasteiger charge is -2.04. The van der Waals surface area contributed by atoms with Crippen LogP contribution in [0, 0.1) is 6.92 Å². The average molecular weight is 257 g/mol. The molecular weight excluding hydrogens is 242 g/mol. The van der Waals surface area contributed by atoms with Crippen LogP contribution in [0.1, 0.15) is 11.5 Å². The highest BCUT2D eigenvalue weighted by molar-refractivity contribution is 5.84. The second kappa shape index (κ2) is 4.35. The number of fused-ring (bicyclic) bond motifs is 1. The van der Waals surface area contributed by atoms with Gasteiger partial charge in [-0.2, -0.15) is 0 Å². The van der Waals surface area contributed by atoms with E-state index in [4.69, 9.17) is 14.9 Å². The van der Waals surface area contributed by atoms with E-state index in [1.54, 1.807) is 7.11 Å². The molecule has 2 heterocycles. The normalized spacial score (nSPS) is 11.1. The van der Waals surface area contributed by atoms with Gasteiger partial charge in [-0.1, -0.05) is 6.07 Å². The molecule has 0 unspecified atom stereocenters. The summed E-state index contributed by atoms with van der Waals surface area (Å²) in [7, 11) is 1.62. The van der Waals surface area contributed by atoms with Crippen molar-refractivity contribution >= 4 is 17.0 Å². The first-order valence-corrected chi connectivity index (χ1v) is 6.03. The summed E-state index contributed by atoms with van der Waals surface area (Å²) in [5, 5.41) is 0. The van der Waals surface area contributed by atoms with Crippen molar-refractivity contribution in [2.75, 3.05) is 12.8 Å². The lowest BCUT2D eigenvalue weighted by molar-refractivity contribution is 0.419. The number of hydrogen-bond donors (Lipinski definition) is 1. The number of anilines is 1. The topological polar surface area (TPSA) is 66.2 Å². The minimum Gasteiger partial charge on any atom is -0.494 e. The molecule has 2 N–H and O–H groups in total. The maximum atomic E-state index is 5.99. The highest BCUT2D eigenvalue weighted by Crippen LogP contribution is 2.27. The summed E-state index contributed by atoms with van der Waals surface area (Å²) in [4.78, 5) is 4.36. The SMILES string of the molecule is COc1cccc2c1nc(N)n2Cc1ccc(C)o1. The molecule has 0 amide bonds. The van der Waals surface area contributed by atoms with Crippen LogP contribution in [0.2, 0.25) is 0 Å². The Hall–Kier alpha value is -2.43. The monoisotopic (exact) mass is 257 g/mol. The molecule has 2 aromatic heterocycles. The Morgan fingerprint density at radius 1 is 1.32 bits per heavy atom. The van der Waals surface area contributed by atoms with E-state index in [0.29, 0.717) is 12.5 Å². The quantitative estimate of drug-likeness (QED) is 0.783. The van der Waals surface area contributed by atoms with Crippen molar-refractivity contribution in [1.29, 1.82) is 0 Å². The molecular formula is C14H15N3O2. The lowest BCUT2D eigenvalue weighted by atomic mass is 10.3. The van der Waals surface area contributed by atoms with Crippen molar-refractivity contribution in [3.63, 3.8) is 0 Å². The molecule has 5 nitrogen and oxygen atoms in total. The highest BCUT2D eigenvalue weighted by Gasteiger charge is 2.13. The predicted octanol–water partition coefficient (Wildman–Crippen LogP) is 2.58. The van der Waals surface area contributed by atoms with Crippen molar-refractivity contribution in [3.8, 4) is 5.75 Å². The molecule has 0 aliphatic heterocycles. The summed E-state index contributed by atoms with van der Waals surface area (Å²) in [5.74, 6) is 2.91. The number of para-hydroxylation sites is 1. The molecule has 0 bridgehead atoms. The first kappa shape index (κ1) is 11.6. The molecule has 0 aliphatic carbocycles. The van der Waals surface area contributed by atoms with E-state index in [0.717, 1.165) is 28.3 Å². The molecule has 3 aromatic rings. The number of nitrogen functional groups attached to an aromatic ring is 1. The van der Waals surface area contributed by atoms with Gasteiger partial charge in [0.05, 0.1) is 19.2 Å². The second-order valence-electron chi connectivity index (χ2n) is 4.40. The Morgan fingerprint density at radius 3 is 2.84 bits per heavy atom. The Morgan fingerprint density at radius 2 is 2.16 bits per heavy atom. The summed E-state index contributed by atoms with van der Waals surface area (Å²) >= 11 is 0. The molecule has 0 saturated carbocycles. The number of methoxy groups -OCH3 is 1. The number of nitrogens with two attached hydrogens (primary N) is 1. The van der Waals surface area contributed by atoms with E-state index >= 15 is 0 Å². The molecule has 19 heavy (non-hydrogen) atoms. The van der Waals surface area contributed by atoms with Gasteiger partial charge >= 0.3 is 0 Å².